The second-order valence-electron chi connectivity index (χ2n) is 4.00. The van der Waals surface area contributed by atoms with Crippen LogP contribution < -0.4 is 10.1 Å². The van der Waals surface area contributed by atoms with Gasteiger partial charge in [0.05, 0.1) is 5.69 Å². The first-order chi connectivity index (χ1) is 10.3. The molecule has 6 heteroatoms. The molecule has 1 N–H and O–H groups in total. The molecule has 5 nitrogen and oxygen atoms in total. The van der Waals surface area contributed by atoms with Gasteiger partial charge in [0.1, 0.15) is 12.4 Å². The summed E-state index contributed by atoms with van der Waals surface area (Å²) in [6.07, 6.45) is 7.19. The highest BCUT2D eigenvalue weighted by Crippen LogP contribution is 2.20. The van der Waals surface area contributed by atoms with E-state index < -0.39 is 0 Å². The van der Waals surface area contributed by atoms with Gasteiger partial charge < -0.3 is 4.74 Å². The van der Waals surface area contributed by atoms with Gasteiger partial charge in [-0.15, -0.1) is 0 Å². The van der Waals surface area contributed by atoms with Gasteiger partial charge in [0, 0.05) is 12.4 Å². The molecule has 1 aromatic heterocycles. The molecular formula is C15H14N4OS. The van der Waals surface area contributed by atoms with Gasteiger partial charge in [-0.25, -0.2) is 4.99 Å². The van der Waals surface area contributed by atoms with Gasteiger partial charge in [0.15, 0.2) is 11.4 Å². The Hall–Kier alpha value is -2.52. The molecule has 1 heterocycles. The van der Waals surface area contributed by atoms with Crippen molar-refractivity contribution in [2.75, 3.05) is 6.26 Å². The molecule has 0 radical (unpaired) electrons. The van der Waals surface area contributed by atoms with Gasteiger partial charge in [0.2, 0.25) is 0 Å². The van der Waals surface area contributed by atoms with Crippen molar-refractivity contribution < 1.29 is 4.74 Å². The molecule has 106 valence electrons. The molecule has 2 rings (SSSR count). The smallest absolute Gasteiger partial charge is 0.183 e. The van der Waals surface area contributed by atoms with Crippen LogP contribution in [0.25, 0.3) is 0 Å². The van der Waals surface area contributed by atoms with Crippen LogP contribution in [0.15, 0.2) is 53.8 Å². The number of nitrogens with zero attached hydrogens (tertiary/aromatic N) is 3. The number of hydrogen-bond acceptors (Lipinski definition) is 5. The molecule has 2 aromatic rings. The van der Waals surface area contributed by atoms with Crippen LogP contribution >= 0.6 is 11.8 Å². The third-order valence-electron chi connectivity index (χ3n) is 2.58. The molecule has 0 spiro atoms. The maximum absolute atomic E-state index is 8.59. The van der Waals surface area contributed by atoms with Crippen LogP contribution in [0.3, 0.4) is 0 Å². The van der Waals surface area contributed by atoms with E-state index in [1.807, 2.05) is 48.8 Å². The second kappa shape index (κ2) is 7.92. The maximum atomic E-state index is 8.59. The molecule has 0 saturated carbocycles. The van der Waals surface area contributed by atoms with E-state index in [1.54, 1.807) is 12.4 Å². The quantitative estimate of drug-likeness (QED) is 0.406. The lowest BCUT2D eigenvalue weighted by atomic mass is 10.3. The van der Waals surface area contributed by atoms with E-state index in [0.717, 1.165) is 17.0 Å². The second-order valence-corrected chi connectivity index (χ2v) is 4.79. The third-order valence-corrected chi connectivity index (χ3v) is 3.16. The topological polar surface area (TPSA) is 70.3 Å². The summed E-state index contributed by atoms with van der Waals surface area (Å²) in [7, 11) is 0. The number of rotatable bonds is 4. The summed E-state index contributed by atoms with van der Waals surface area (Å²) >= 11 is 1.38. The standard InChI is InChI=1S/C15H14N4OS/c1-21-15(18-11-16)19-13-2-4-14(5-3-13)20-10-12-6-8-17-9-7-12/h2-9H,10H2,1H3,(H,18,19). The van der Waals surface area contributed by atoms with Gasteiger partial charge in [-0.05, 0) is 48.2 Å². The fourth-order valence-electron chi connectivity index (χ4n) is 1.55. The molecule has 1 aromatic carbocycles. The zero-order valence-electron chi connectivity index (χ0n) is 11.5. The number of nitriles is 1. The molecule has 0 amide bonds. The SMILES string of the molecule is CSC(=Nc1ccc(OCc2ccncc2)cc1)NC#N. The summed E-state index contributed by atoms with van der Waals surface area (Å²) in [6.45, 7) is 0.497. The summed E-state index contributed by atoms with van der Waals surface area (Å²) in [4.78, 5) is 8.27. The van der Waals surface area contributed by atoms with Gasteiger partial charge in [-0.2, -0.15) is 5.26 Å². The van der Waals surface area contributed by atoms with E-state index in [9.17, 15) is 0 Å². The van der Waals surface area contributed by atoms with Crippen LogP contribution in [0.5, 0.6) is 5.75 Å². The van der Waals surface area contributed by atoms with E-state index in [-0.39, 0.29) is 0 Å². The third kappa shape index (κ3) is 4.82. The minimum atomic E-state index is 0.497. The van der Waals surface area contributed by atoms with E-state index >= 15 is 0 Å². The number of hydrogen-bond donors (Lipinski definition) is 1. The molecule has 21 heavy (non-hydrogen) atoms. The molecule has 0 aliphatic rings. The predicted octanol–water partition coefficient (Wildman–Crippen LogP) is 3.08. The molecule has 0 fully saturated rings. The van der Waals surface area contributed by atoms with Crippen LogP contribution in [0.2, 0.25) is 0 Å². The lowest BCUT2D eigenvalue weighted by Gasteiger charge is -2.06. The van der Waals surface area contributed by atoms with Crippen LogP contribution in [0.1, 0.15) is 5.56 Å². The van der Waals surface area contributed by atoms with E-state index in [0.29, 0.717) is 11.8 Å². The van der Waals surface area contributed by atoms with Crippen LogP contribution in [0, 0.1) is 11.5 Å². The number of pyridine rings is 1. The number of amidine groups is 1. The largest absolute Gasteiger partial charge is 0.489 e. The summed E-state index contributed by atoms with van der Waals surface area (Å²) in [5, 5.41) is 11.7. The zero-order valence-corrected chi connectivity index (χ0v) is 12.3. The normalized spacial score (nSPS) is 10.8. The Balaban J connectivity index is 1.97. The maximum Gasteiger partial charge on any atom is 0.183 e. The van der Waals surface area contributed by atoms with Gasteiger partial charge in [-0.1, -0.05) is 11.8 Å². The molecular weight excluding hydrogens is 284 g/mol. The zero-order chi connectivity index (χ0) is 14.9. The first-order valence-electron chi connectivity index (χ1n) is 6.21. The number of aliphatic imine (C=N–C) groups is 1. The van der Waals surface area contributed by atoms with Gasteiger partial charge in [-0.3, -0.25) is 10.3 Å². The Labute approximate surface area is 127 Å². The highest BCUT2D eigenvalue weighted by Gasteiger charge is 1.99. The number of benzene rings is 1. The minimum Gasteiger partial charge on any atom is -0.489 e. The van der Waals surface area contributed by atoms with Crippen molar-refractivity contribution in [3.63, 3.8) is 0 Å². The van der Waals surface area contributed by atoms with Crippen molar-refractivity contribution in [3.05, 3.63) is 54.4 Å². The van der Waals surface area contributed by atoms with Crippen molar-refractivity contribution in [1.82, 2.24) is 10.3 Å². The van der Waals surface area contributed by atoms with Gasteiger partial charge >= 0.3 is 0 Å². The molecule has 0 atom stereocenters. The van der Waals surface area contributed by atoms with Crippen LogP contribution in [-0.2, 0) is 6.61 Å². The van der Waals surface area contributed by atoms with Crippen molar-refractivity contribution >= 4 is 22.6 Å². The molecule has 0 bridgehead atoms. The van der Waals surface area contributed by atoms with Gasteiger partial charge in [0.25, 0.3) is 0 Å². The van der Waals surface area contributed by atoms with Crippen molar-refractivity contribution in [2.45, 2.75) is 6.61 Å². The lowest BCUT2D eigenvalue weighted by molar-refractivity contribution is 0.306. The first-order valence-corrected chi connectivity index (χ1v) is 7.44. The minimum absolute atomic E-state index is 0.497. The highest BCUT2D eigenvalue weighted by molar-refractivity contribution is 8.13. The fourth-order valence-corrected chi connectivity index (χ4v) is 1.90. The molecule has 0 saturated heterocycles. The van der Waals surface area contributed by atoms with Crippen LogP contribution in [0.4, 0.5) is 5.69 Å². The van der Waals surface area contributed by atoms with E-state index in [4.69, 9.17) is 10.00 Å². The molecule has 0 aliphatic heterocycles. The Morgan fingerprint density at radius 3 is 2.62 bits per heavy atom. The van der Waals surface area contributed by atoms with E-state index in [1.165, 1.54) is 11.8 Å². The fraction of sp³-hybridized carbons (Fsp3) is 0.133. The molecule has 0 aliphatic carbocycles. The average Bonchev–Trinajstić information content (AvgIpc) is 2.54. The Morgan fingerprint density at radius 1 is 1.29 bits per heavy atom. The number of aromatic nitrogens is 1. The van der Waals surface area contributed by atoms with Crippen molar-refractivity contribution in [2.24, 2.45) is 4.99 Å². The number of nitrogens with one attached hydrogen (secondary N) is 1. The first kappa shape index (κ1) is 14.9. The summed E-state index contributed by atoms with van der Waals surface area (Å²) in [5.74, 6) is 0.768. The van der Waals surface area contributed by atoms with Crippen molar-refractivity contribution in [1.29, 1.82) is 5.26 Å². The Kier molecular flexibility index (Phi) is 5.61. The molecule has 0 unspecified atom stereocenters. The number of thioether (sulfide) groups is 1. The average molecular weight is 298 g/mol. The predicted molar refractivity (Wildman–Crippen MR) is 84.4 cm³/mol. The summed E-state index contributed by atoms with van der Waals surface area (Å²) in [6, 6.07) is 11.2. The summed E-state index contributed by atoms with van der Waals surface area (Å²) < 4.78 is 5.68. The van der Waals surface area contributed by atoms with E-state index in [2.05, 4.69) is 15.3 Å². The van der Waals surface area contributed by atoms with Crippen molar-refractivity contribution in [3.8, 4) is 11.9 Å². The Morgan fingerprint density at radius 2 is 2.00 bits per heavy atom. The summed E-state index contributed by atoms with van der Waals surface area (Å²) in [5.41, 5.74) is 1.83. The highest BCUT2D eigenvalue weighted by atomic mass is 32.2. The monoisotopic (exact) mass is 298 g/mol. The van der Waals surface area contributed by atoms with Crippen LogP contribution in [-0.4, -0.2) is 16.4 Å². The Bertz CT molecular complexity index is 635. The number of ether oxygens (including phenoxy) is 1. The lowest BCUT2D eigenvalue weighted by Crippen LogP contribution is -2.12.